The topological polar surface area (TPSA) is 37.3 Å². The van der Waals surface area contributed by atoms with Gasteiger partial charge in [0, 0.05) is 5.56 Å². The van der Waals surface area contributed by atoms with Gasteiger partial charge in [-0.1, -0.05) is 0 Å². The Hall–Kier alpha value is -2.34. The average Bonchev–Trinajstić information content (AvgIpc) is 2.39. The lowest BCUT2D eigenvalue weighted by Crippen LogP contribution is -2.24. The van der Waals surface area contributed by atoms with E-state index < -0.39 is 64.1 Å². The largest absolute Gasteiger partial charge is 0.478 e. The van der Waals surface area contributed by atoms with Gasteiger partial charge in [0.25, 0.3) is 0 Å². The van der Waals surface area contributed by atoms with Crippen LogP contribution in [0.4, 0.5) is 48.3 Å². The van der Waals surface area contributed by atoms with E-state index in [9.17, 15) is 53.1 Å². The van der Waals surface area contributed by atoms with E-state index in [-0.39, 0.29) is 0 Å². The number of carboxylic acids is 1. The number of halogens is 11. The first kappa shape index (κ1) is 19.7. The van der Waals surface area contributed by atoms with Gasteiger partial charge < -0.3 is 5.11 Å². The number of benzene rings is 1. The zero-order valence-corrected chi connectivity index (χ0v) is 10.5. The number of carboxylic acid groups (broad SMARTS) is 1. The minimum Gasteiger partial charge on any atom is -0.478 e. The predicted octanol–water partition coefficient (Wildman–Crippen LogP) is 4.75. The molecule has 1 aromatic rings. The van der Waals surface area contributed by atoms with E-state index in [4.69, 9.17) is 5.11 Å². The highest BCUT2D eigenvalue weighted by Gasteiger charge is 2.50. The predicted molar refractivity (Wildman–Crippen MR) is 53.4 cm³/mol. The van der Waals surface area contributed by atoms with Crippen LogP contribution in [0.5, 0.6) is 0 Å². The molecule has 1 N–H and O–H groups in total. The summed E-state index contributed by atoms with van der Waals surface area (Å²) in [6, 6.07) is 0. The van der Waals surface area contributed by atoms with Gasteiger partial charge in [0.05, 0.1) is 0 Å². The van der Waals surface area contributed by atoms with Crippen LogP contribution >= 0.6 is 0 Å². The lowest BCUT2D eigenvalue weighted by atomic mass is 9.96. The van der Waals surface area contributed by atoms with E-state index in [1.165, 1.54) is 0 Å². The Kier molecular flexibility index (Phi) is 4.88. The molecule has 0 aliphatic heterocycles. The van der Waals surface area contributed by atoms with Crippen LogP contribution < -0.4 is 0 Å². The number of aromatic carboxylic acids is 1. The van der Waals surface area contributed by atoms with E-state index >= 15 is 0 Å². The number of carbonyl (C=O) groups is 1. The molecule has 0 saturated carbocycles. The van der Waals surface area contributed by atoms with Gasteiger partial charge in [0.1, 0.15) is 11.1 Å². The molecule has 0 atom stereocenters. The van der Waals surface area contributed by atoms with Gasteiger partial charge in [-0.2, -0.15) is 26.3 Å². The average molecular weight is 374 g/mol. The van der Waals surface area contributed by atoms with Crippen LogP contribution in [-0.4, -0.2) is 23.4 Å². The first-order valence-electron chi connectivity index (χ1n) is 5.26. The summed E-state index contributed by atoms with van der Waals surface area (Å²) >= 11 is 0. The second-order valence-electron chi connectivity index (χ2n) is 4.00. The molecule has 1 rings (SSSR count). The molecule has 1 aromatic carbocycles. The molecule has 0 saturated heterocycles. The minimum absolute atomic E-state index is 2.65. The minimum atomic E-state index is -6.43. The molecule has 13 heteroatoms. The van der Waals surface area contributed by atoms with E-state index in [1.807, 2.05) is 0 Å². The first-order chi connectivity index (χ1) is 10.6. The summed E-state index contributed by atoms with van der Waals surface area (Å²) < 4.78 is 140. The maximum absolute atomic E-state index is 13.5. The van der Waals surface area contributed by atoms with Crippen molar-refractivity contribution in [3.63, 3.8) is 0 Å². The lowest BCUT2D eigenvalue weighted by Gasteiger charge is -2.18. The summed E-state index contributed by atoms with van der Waals surface area (Å²) in [5.41, 5.74) is -9.26. The smallest absolute Gasteiger partial charge is 0.443 e. The summed E-state index contributed by atoms with van der Waals surface area (Å²) in [5, 5.41) is 8.50. The molecule has 0 bridgehead atoms. The Morgan fingerprint density at radius 1 is 0.708 bits per heavy atom. The van der Waals surface area contributed by atoms with E-state index in [0.717, 1.165) is 0 Å². The number of rotatable bonds is 2. The Morgan fingerprint density at radius 2 is 1.08 bits per heavy atom. The van der Waals surface area contributed by atoms with Crippen LogP contribution in [0.25, 0.3) is 5.57 Å². The maximum Gasteiger partial charge on any atom is 0.443 e. The molecule has 0 amide bonds. The van der Waals surface area contributed by atoms with E-state index in [0.29, 0.717) is 0 Å². The summed E-state index contributed by atoms with van der Waals surface area (Å²) in [5.74, 6) is -19.0. The Bertz CT molecular complexity index is 727. The van der Waals surface area contributed by atoms with Gasteiger partial charge in [-0.3, -0.25) is 0 Å². The molecule has 0 fully saturated rings. The standard InChI is InChI=1S/C11HF11O2/c12-4-1(2(9(23)24)5(13)7(15)6(4)14)3(10(17,18)19)8(16)11(20,21)22/h(H,23,24). The third-order valence-electron chi connectivity index (χ3n) is 2.48. The molecule has 0 unspecified atom stereocenters. The molecule has 0 spiro atoms. The summed E-state index contributed by atoms with van der Waals surface area (Å²) in [4.78, 5) is 10.7. The van der Waals surface area contributed by atoms with Crippen LogP contribution in [0, 0.1) is 23.3 Å². The van der Waals surface area contributed by atoms with Crippen molar-refractivity contribution in [1.29, 1.82) is 0 Å². The Balaban J connectivity index is 4.18. The van der Waals surface area contributed by atoms with Gasteiger partial charge in [0.2, 0.25) is 5.83 Å². The normalized spacial score (nSPS) is 13.8. The highest BCUT2D eigenvalue weighted by atomic mass is 19.4. The molecule has 0 aliphatic carbocycles. The van der Waals surface area contributed by atoms with Crippen molar-refractivity contribution in [1.82, 2.24) is 0 Å². The van der Waals surface area contributed by atoms with Gasteiger partial charge in [-0.15, -0.1) is 0 Å². The molecule has 24 heavy (non-hydrogen) atoms. The van der Waals surface area contributed by atoms with Crippen LogP contribution in [0.2, 0.25) is 0 Å². The highest BCUT2D eigenvalue weighted by molar-refractivity contribution is 5.95. The second kappa shape index (κ2) is 5.94. The molecular formula is C11HF11O2. The van der Waals surface area contributed by atoms with Crippen molar-refractivity contribution in [2.24, 2.45) is 0 Å². The number of allylic oxidation sites excluding steroid dienone is 2. The van der Waals surface area contributed by atoms with Crippen LogP contribution in [-0.2, 0) is 0 Å². The van der Waals surface area contributed by atoms with Gasteiger partial charge in [0.15, 0.2) is 23.3 Å². The first-order valence-corrected chi connectivity index (χ1v) is 5.26. The van der Waals surface area contributed by atoms with Crippen molar-refractivity contribution in [2.45, 2.75) is 12.4 Å². The lowest BCUT2D eigenvalue weighted by molar-refractivity contribution is -0.116. The van der Waals surface area contributed by atoms with Gasteiger partial charge in [-0.25, -0.2) is 26.7 Å². The molecule has 2 nitrogen and oxygen atoms in total. The monoisotopic (exact) mass is 374 g/mol. The molecule has 0 heterocycles. The molecule has 0 aliphatic rings. The third-order valence-corrected chi connectivity index (χ3v) is 2.48. The van der Waals surface area contributed by atoms with E-state index in [2.05, 4.69) is 0 Å². The fourth-order valence-electron chi connectivity index (χ4n) is 1.58. The highest BCUT2D eigenvalue weighted by Crippen LogP contribution is 2.45. The zero-order chi connectivity index (χ0) is 19.2. The van der Waals surface area contributed by atoms with E-state index in [1.54, 1.807) is 0 Å². The van der Waals surface area contributed by atoms with Gasteiger partial charge in [-0.05, 0) is 0 Å². The Morgan fingerprint density at radius 3 is 1.38 bits per heavy atom. The fourth-order valence-corrected chi connectivity index (χ4v) is 1.58. The number of hydrogen-bond donors (Lipinski definition) is 1. The quantitative estimate of drug-likeness (QED) is 0.461. The molecular weight excluding hydrogens is 373 g/mol. The maximum atomic E-state index is 13.5. The fraction of sp³-hybridized carbons (Fsp3) is 0.182. The Labute approximate surface area is 123 Å². The van der Waals surface area contributed by atoms with Crippen LogP contribution in [0.1, 0.15) is 15.9 Å². The summed E-state index contributed by atoms with van der Waals surface area (Å²) in [7, 11) is 0. The number of alkyl halides is 6. The second-order valence-corrected chi connectivity index (χ2v) is 4.00. The van der Waals surface area contributed by atoms with Crippen molar-refractivity contribution in [3.8, 4) is 0 Å². The van der Waals surface area contributed by atoms with Crippen LogP contribution in [0.15, 0.2) is 5.83 Å². The summed E-state index contributed by atoms with van der Waals surface area (Å²) in [6.45, 7) is 0. The molecule has 0 radical (unpaired) electrons. The van der Waals surface area contributed by atoms with Crippen LogP contribution in [0.3, 0.4) is 0 Å². The third kappa shape index (κ3) is 3.28. The SMILES string of the molecule is O=C(O)c1c(F)c(F)c(F)c(F)c1C(=C(F)C(F)(F)F)C(F)(F)F. The van der Waals surface area contributed by atoms with Crippen molar-refractivity contribution < 1.29 is 58.2 Å². The molecule has 0 aromatic heterocycles. The van der Waals surface area contributed by atoms with Crippen molar-refractivity contribution in [2.75, 3.05) is 0 Å². The zero-order valence-electron chi connectivity index (χ0n) is 10.5. The van der Waals surface area contributed by atoms with Gasteiger partial charge >= 0.3 is 18.3 Å². The van der Waals surface area contributed by atoms with Crippen molar-refractivity contribution in [3.05, 3.63) is 40.2 Å². The summed E-state index contributed by atoms with van der Waals surface area (Å²) in [6.07, 6.45) is -12.8. The molecule has 134 valence electrons. The van der Waals surface area contributed by atoms with Crippen molar-refractivity contribution >= 4 is 11.5 Å². The number of hydrogen-bond acceptors (Lipinski definition) is 1.